The minimum Gasteiger partial charge on any atom is -0.489 e. The summed E-state index contributed by atoms with van der Waals surface area (Å²) < 4.78 is 46.5. The molecule has 14 heteroatoms. The predicted octanol–water partition coefficient (Wildman–Crippen LogP) is 2.73. The Bertz CT molecular complexity index is 1200. The van der Waals surface area contributed by atoms with Crippen molar-refractivity contribution < 1.29 is 46.9 Å². The van der Waals surface area contributed by atoms with Crippen LogP contribution in [0.3, 0.4) is 0 Å². The number of rotatable bonds is 9. The maximum absolute atomic E-state index is 13.4. The standard InChI is InChI=1S/C24H28F2N4O8/c1-12(27)19-18(21(31)29-7-8-30(24(34)35-2)15(10-29)22(32)33)28-20(38-19)14-5-6-16(37-23(25)26)17(9-14)36-11-13-3-4-13/h5-6,9,12-13,15,23H,3-4,7-8,10-11,27H2,1-2H3,(H,32,33)/t12-,15?/m0/s1. The molecule has 38 heavy (non-hydrogen) atoms. The smallest absolute Gasteiger partial charge is 0.410 e. The Morgan fingerprint density at radius 1 is 1.24 bits per heavy atom. The number of oxazole rings is 1. The van der Waals surface area contributed by atoms with Gasteiger partial charge in [-0.15, -0.1) is 0 Å². The second kappa shape index (κ2) is 11.2. The van der Waals surface area contributed by atoms with Crippen LogP contribution in [0.4, 0.5) is 13.6 Å². The zero-order valence-corrected chi connectivity index (χ0v) is 20.8. The number of alkyl halides is 2. The molecule has 2 amide bonds. The number of ether oxygens (including phenoxy) is 3. The van der Waals surface area contributed by atoms with Crippen molar-refractivity contribution in [3.05, 3.63) is 29.7 Å². The lowest BCUT2D eigenvalue weighted by atomic mass is 10.1. The third-order valence-electron chi connectivity index (χ3n) is 6.21. The van der Waals surface area contributed by atoms with Gasteiger partial charge in [0, 0.05) is 18.7 Å². The number of carboxylic acids is 1. The van der Waals surface area contributed by atoms with E-state index in [4.69, 9.17) is 14.9 Å². The van der Waals surface area contributed by atoms with E-state index in [9.17, 15) is 28.3 Å². The fourth-order valence-electron chi connectivity index (χ4n) is 4.02. The quantitative estimate of drug-likeness (QED) is 0.486. The molecule has 1 aromatic carbocycles. The van der Waals surface area contributed by atoms with E-state index in [0.29, 0.717) is 18.1 Å². The van der Waals surface area contributed by atoms with Crippen LogP contribution in [0.1, 0.15) is 42.1 Å². The topological polar surface area (TPSA) is 158 Å². The van der Waals surface area contributed by atoms with Gasteiger partial charge in [0.1, 0.15) is 0 Å². The fraction of sp³-hybridized carbons (Fsp3) is 0.500. The lowest BCUT2D eigenvalue weighted by Gasteiger charge is -2.38. The van der Waals surface area contributed by atoms with Crippen LogP contribution in [0.5, 0.6) is 11.5 Å². The van der Waals surface area contributed by atoms with Gasteiger partial charge in [-0.3, -0.25) is 9.69 Å². The van der Waals surface area contributed by atoms with Gasteiger partial charge in [-0.2, -0.15) is 8.78 Å². The maximum atomic E-state index is 13.4. The summed E-state index contributed by atoms with van der Waals surface area (Å²) in [5, 5.41) is 9.59. The number of hydrogen-bond acceptors (Lipinski definition) is 9. The summed E-state index contributed by atoms with van der Waals surface area (Å²) in [5.74, 6) is -1.61. The van der Waals surface area contributed by atoms with Gasteiger partial charge in [-0.25, -0.2) is 14.6 Å². The predicted molar refractivity (Wildman–Crippen MR) is 126 cm³/mol. The molecule has 2 heterocycles. The van der Waals surface area contributed by atoms with E-state index in [2.05, 4.69) is 14.5 Å². The summed E-state index contributed by atoms with van der Waals surface area (Å²) in [6, 6.07) is 2.08. The van der Waals surface area contributed by atoms with Gasteiger partial charge in [0.15, 0.2) is 29.0 Å². The molecule has 4 rings (SSSR count). The summed E-state index contributed by atoms with van der Waals surface area (Å²) in [4.78, 5) is 43.7. The molecule has 1 unspecified atom stereocenters. The second-order valence-corrected chi connectivity index (χ2v) is 9.08. The SMILES string of the molecule is COC(=O)N1CCN(C(=O)c2nc(-c3ccc(OC(F)F)c(OCC4CC4)c3)oc2[C@H](C)N)CC1C(=O)O. The van der Waals surface area contributed by atoms with Gasteiger partial charge in [0.25, 0.3) is 5.91 Å². The Hall–Kier alpha value is -3.94. The molecule has 1 aliphatic heterocycles. The van der Waals surface area contributed by atoms with Crippen LogP contribution < -0.4 is 15.2 Å². The number of halogens is 2. The Morgan fingerprint density at radius 3 is 2.58 bits per heavy atom. The Balaban J connectivity index is 1.62. The van der Waals surface area contributed by atoms with Crippen molar-refractivity contribution in [1.29, 1.82) is 0 Å². The van der Waals surface area contributed by atoms with Crippen molar-refractivity contribution in [1.82, 2.24) is 14.8 Å². The molecule has 1 aromatic heterocycles. The third-order valence-corrected chi connectivity index (χ3v) is 6.21. The van der Waals surface area contributed by atoms with Gasteiger partial charge >= 0.3 is 18.7 Å². The number of carbonyl (C=O) groups excluding carboxylic acids is 2. The van der Waals surface area contributed by atoms with Crippen molar-refractivity contribution in [2.45, 2.75) is 38.5 Å². The number of benzene rings is 1. The number of carboxylic acid groups (broad SMARTS) is 1. The Labute approximate surface area is 216 Å². The molecule has 1 saturated carbocycles. The number of aromatic nitrogens is 1. The van der Waals surface area contributed by atoms with Gasteiger partial charge in [0.2, 0.25) is 5.89 Å². The molecule has 2 aromatic rings. The molecule has 2 atom stereocenters. The minimum atomic E-state index is -3.05. The first-order chi connectivity index (χ1) is 18.1. The second-order valence-electron chi connectivity index (χ2n) is 9.08. The minimum absolute atomic E-state index is 0.0106. The molecule has 0 radical (unpaired) electrons. The number of methoxy groups -OCH3 is 1. The molecule has 0 bridgehead atoms. The largest absolute Gasteiger partial charge is 0.489 e. The van der Waals surface area contributed by atoms with E-state index in [-0.39, 0.29) is 48.5 Å². The molecular formula is C24H28F2N4O8. The van der Waals surface area contributed by atoms with Crippen LogP contribution in [-0.4, -0.2) is 83.9 Å². The molecule has 2 aliphatic rings. The van der Waals surface area contributed by atoms with E-state index in [1.54, 1.807) is 6.92 Å². The van der Waals surface area contributed by atoms with Crippen LogP contribution in [-0.2, 0) is 9.53 Å². The number of amides is 2. The lowest BCUT2D eigenvalue weighted by molar-refractivity contribution is -0.144. The molecule has 1 aliphatic carbocycles. The van der Waals surface area contributed by atoms with Crippen LogP contribution in [0, 0.1) is 5.92 Å². The van der Waals surface area contributed by atoms with Crippen molar-refractivity contribution in [3.8, 4) is 23.0 Å². The first-order valence-electron chi connectivity index (χ1n) is 11.9. The molecular weight excluding hydrogens is 510 g/mol. The van der Waals surface area contributed by atoms with Gasteiger partial charge in [0.05, 0.1) is 26.3 Å². The zero-order chi connectivity index (χ0) is 27.6. The van der Waals surface area contributed by atoms with E-state index in [1.807, 2.05) is 0 Å². The maximum Gasteiger partial charge on any atom is 0.410 e. The normalized spacial score (nSPS) is 18.3. The summed E-state index contributed by atoms with van der Waals surface area (Å²) >= 11 is 0. The number of nitrogens with two attached hydrogens (primary N) is 1. The van der Waals surface area contributed by atoms with Crippen LogP contribution >= 0.6 is 0 Å². The molecule has 1 saturated heterocycles. The summed E-state index contributed by atoms with van der Waals surface area (Å²) in [6.45, 7) is -1.47. The Morgan fingerprint density at radius 2 is 1.97 bits per heavy atom. The summed E-state index contributed by atoms with van der Waals surface area (Å²) in [7, 11) is 1.14. The van der Waals surface area contributed by atoms with Crippen molar-refractivity contribution in [2.75, 3.05) is 33.4 Å². The van der Waals surface area contributed by atoms with Gasteiger partial charge < -0.3 is 34.4 Å². The highest BCUT2D eigenvalue weighted by atomic mass is 19.3. The molecule has 12 nitrogen and oxygen atoms in total. The van der Waals surface area contributed by atoms with Crippen LogP contribution in [0.15, 0.2) is 22.6 Å². The first kappa shape index (κ1) is 27.1. The number of nitrogens with zero attached hydrogens (tertiary/aromatic N) is 3. The van der Waals surface area contributed by atoms with Crippen molar-refractivity contribution in [3.63, 3.8) is 0 Å². The van der Waals surface area contributed by atoms with E-state index >= 15 is 0 Å². The average Bonchev–Trinajstić information content (AvgIpc) is 3.61. The van der Waals surface area contributed by atoms with E-state index < -0.39 is 36.7 Å². The molecule has 2 fully saturated rings. The lowest BCUT2D eigenvalue weighted by Crippen LogP contribution is -2.59. The zero-order valence-electron chi connectivity index (χ0n) is 20.8. The number of piperazine rings is 1. The van der Waals surface area contributed by atoms with Crippen LogP contribution in [0.2, 0.25) is 0 Å². The monoisotopic (exact) mass is 538 g/mol. The number of aliphatic carboxylic acids is 1. The summed E-state index contributed by atoms with van der Waals surface area (Å²) in [6.07, 6.45) is 1.16. The highest BCUT2D eigenvalue weighted by Gasteiger charge is 2.39. The average molecular weight is 539 g/mol. The van der Waals surface area contributed by atoms with E-state index in [0.717, 1.165) is 24.9 Å². The van der Waals surface area contributed by atoms with Crippen molar-refractivity contribution >= 4 is 18.0 Å². The van der Waals surface area contributed by atoms with Gasteiger partial charge in [-0.1, -0.05) is 0 Å². The van der Waals surface area contributed by atoms with Crippen LogP contribution in [0.25, 0.3) is 11.5 Å². The Kier molecular flexibility index (Phi) is 7.99. The molecule has 3 N–H and O–H groups in total. The third kappa shape index (κ3) is 5.96. The molecule has 206 valence electrons. The van der Waals surface area contributed by atoms with Crippen molar-refractivity contribution in [2.24, 2.45) is 11.7 Å². The summed E-state index contributed by atoms with van der Waals surface area (Å²) in [5.41, 5.74) is 6.23. The van der Waals surface area contributed by atoms with E-state index in [1.165, 1.54) is 23.1 Å². The molecule has 0 spiro atoms. The number of carbonyl (C=O) groups is 3. The first-order valence-corrected chi connectivity index (χ1v) is 11.9. The van der Waals surface area contributed by atoms with Gasteiger partial charge in [-0.05, 0) is 43.9 Å². The highest BCUT2D eigenvalue weighted by molar-refractivity contribution is 5.95. The highest BCUT2D eigenvalue weighted by Crippen LogP contribution is 2.37. The fourth-order valence-corrected chi connectivity index (χ4v) is 4.02. The number of hydrogen-bond donors (Lipinski definition) is 2.